The Morgan fingerprint density at radius 2 is 2.09 bits per heavy atom. The number of aromatic nitrogens is 2. The molecule has 1 atom stereocenters. The smallest absolute Gasteiger partial charge is 0.312 e. The molecule has 1 aromatic carbocycles. The Labute approximate surface area is 132 Å². The second kappa shape index (κ2) is 6.89. The summed E-state index contributed by atoms with van der Waals surface area (Å²) in [6.45, 7) is 3.25. The molecule has 1 aromatic heterocycles. The van der Waals surface area contributed by atoms with E-state index >= 15 is 0 Å². The highest BCUT2D eigenvalue weighted by Crippen LogP contribution is 2.22. The minimum atomic E-state index is -0.872. The van der Waals surface area contributed by atoms with E-state index < -0.39 is 11.0 Å². The number of ether oxygens (including phenoxy) is 1. The highest BCUT2D eigenvalue weighted by Gasteiger charge is 2.22. The Morgan fingerprint density at radius 3 is 2.61 bits per heavy atom. The van der Waals surface area contributed by atoms with E-state index in [9.17, 15) is 15.2 Å². The van der Waals surface area contributed by atoms with Crippen LogP contribution in [0.25, 0.3) is 0 Å². The molecule has 0 saturated carbocycles. The van der Waals surface area contributed by atoms with Gasteiger partial charge in [-0.15, -0.1) is 0 Å². The van der Waals surface area contributed by atoms with Crippen molar-refractivity contribution in [2.75, 3.05) is 6.61 Å². The van der Waals surface area contributed by atoms with Crippen LogP contribution in [0.15, 0.2) is 24.3 Å². The van der Waals surface area contributed by atoms with E-state index in [2.05, 4.69) is 5.10 Å². The third-order valence-corrected chi connectivity index (χ3v) is 3.34. The third kappa shape index (κ3) is 3.84. The van der Waals surface area contributed by atoms with E-state index in [4.69, 9.17) is 10.00 Å². The Bertz CT molecular complexity index is 746. The van der Waals surface area contributed by atoms with Crippen LogP contribution in [0.1, 0.15) is 17.0 Å². The molecule has 120 valence electrons. The predicted octanol–water partition coefficient (Wildman–Crippen LogP) is 1.72. The van der Waals surface area contributed by atoms with Gasteiger partial charge in [-0.2, -0.15) is 10.4 Å². The van der Waals surface area contributed by atoms with Crippen molar-refractivity contribution in [3.05, 3.63) is 51.3 Å². The van der Waals surface area contributed by atoms with Crippen molar-refractivity contribution in [1.82, 2.24) is 9.78 Å². The van der Waals surface area contributed by atoms with Crippen molar-refractivity contribution in [3.63, 3.8) is 0 Å². The average molecular weight is 316 g/mol. The number of hydrogen-bond donors (Lipinski definition) is 1. The number of aryl methyl sites for hydroxylation is 1. The van der Waals surface area contributed by atoms with Crippen LogP contribution in [-0.4, -0.2) is 32.5 Å². The first-order chi connectivity index (χ1) is 10.9. The van der Waals surface area contributed by atoms with Crippen molar-refractivity contribution in [1.29, 1.82) is 5.26 Å². The standard InChI is InChI=1S/C15H16N4O4/c1-10-15(19(21)22)11(2)18(17-10)8-13(20)9-23-14-5-3-12(7-16)4-6-14/h3-6,13,20H,8-9H2,1-2H3. The van der Waals surface area contributed by atoms with E-state index in [-0.39, 0.29) is 18.8 Å². The van der Waals surface area contributed by atoms with Gasteiger partial charge in [0.05, 0.1) is 23.1 Å². The second-order valence-corrected chi connectivity index (χ2v) is 5.06. The molecule has 0 radical (unpaired) electrons. The van der Waals surface area contributed by atoms with E-state index in [0.717, 1.165) is 0 Å². The van der Waals surface area contributed by atoms with E-state index in [1.54, 1.807) is 38.1 Å². The topological polar surface area (TPSA) is 114 Å². The van der Waals surface area contributed by atoms with Gasteiger partial charge < -0.3 is 9.84 Å². The first-order valence-electron chi connectivity index (χ1n) is 6.91. The lowest BCUT2D eigenvalue weighted by Crippen LogP contribution is -2.24. The minimum absolute atomic E-state index is 0.0119. The Balaban J connectivity index is 1.97. The first-order valence-corrected chi connectivity index (χ1v) is 6.91. The molecule has 0 aliphatic rings. The summed E-state index contributed by atoms with van der Waals surface area (Å²) in [5.74, 6) is 0.530. The molecule has 0 fully saturated rings. The maximum absolute atomic E-state index is 10.9. The molecule has 0 bridgehead atoms. The molecule has 0 amide bonds. The number of rotatable bonds is 6. The van der Waals surface area contributed by atoms with Gasteiger partial charge in [0.2, 0.25) is 0 Å². The fourth-order valence-corrected chi connectivity index (χ4v) is 2.20. The quantitative estimate of drug-likeness (QED) is 0.641. The minimum Gasteiger partial charge on any atom is -0.491 e. The molecule has 8 heteroatoms. The SMILES string of the molecule is Cc1nn(CC(O)COc2ccc(C#N)cc2)c(C)c1[N+](=O)[O-]. The number of hydrogen-bond acceptors (Lipinski definition) is 6. The van der Waals surface area contributed by atoms with Crippen LogP contribution < -0.4 is 4.74 Å². The maximum Gasteiger partial charge on any atom is 0.312 e. The molecule has 2 aromatic rings. The molecule has 0 aliphatic carbocycles. The van der Waals surface area contributed by atoms with Gasteiger partial charge in [-0.1, -0.05) is 0 Å². The van der Waals surface area contributed by atoms with E-state index in [1.807, 2.05) is 6.07 Å². The molecule has 0 saturated heterocycles. The summed E-state index contributed by atoms with van der Waals surface area (Å²) in [6.07, 6.45) is -0.872. The van der Waals surface area contributed by atoms with Crippen LogP contribution >= 0.6 is 0 Å². The molecule has 0 spiro atoms. The zero-order chi connectivity index (χ0) is 17.0. The summed E-state index contributed by atoms with van der Waals surface area (Å²) >= 11 is 0. The molecular formula is C15H16N4O4. The van der Waals surface area contributed by atoms with Gasteiger partial charge in [0.25, 0.3) is 0 Å². The average Bonchev–Trinajstić information content (AvgIpc) is 2.79. The predicted molar refractivity (Wildman–Crippen MR) is 81.0 cm³/mol. The number of aliphatic hydroxyl groups is 1. The largest absolute Gasteiger partial charge is 0.491 e. The summed E-state index contributed by atoms with van der Waals surface area (Å²) in [5, 5.41) is 33.8. The van der Waals surface area contributed by atoms with Gasteiger partial charge in [0.15, 0.2) is 0 Å². The van der Waals surface area contributed by atoms with E-state index in [0.29, 0.717) is 22.7 Å². The summed E-state index contributed by atoms with van der Waals surface area (Å²) in [6, 6.07) is 8.51. The van der Waals surface area contributed by atoms with Crippen molar-refractivity contribution in [2.24, 2.45) is 0 Å². The molecule has 8 nitrogen and oxygen atoms in total. The summed E-state index contributed by atoms with van der Waals surface area (Å²) in [5.41, 5.74) is 1.19. The van der Waals surface area contributed by atoms with Gasteiger partial charge in [0, 0.05) is 0 Å². The molecule has 2 rings (SSSR count). The van der Waals surface area contributed by atoms with Crippen molar-refractivity contribution >= 4 is 5.69 Å². The highest BCUT2D eigenvalue weighted by atomic mass is 16.6. The van der Waals surface area contributed by atoms with Crippen LogP contribution in [0.5, 0.6) is 5.75 Å². The lowest BCUT2D eigenvalue weighted by molar-refractivity contribution is -0.386. The lowest BCUT2D eigenvalue weighted by Gasteiger charge is -2.13. The van der Waals surface area contributed by atoms with Crippen LogP contribution in [0.4, 0.5) is 5.69 Å². The van der Waals surface area contributed by atoms with Gasteiger partial charge in [0.1, 0.15) is 29.8 Å². The number of benzene rings is 1. The highest BCUT2D eigenvalue weighted by molar-refractivity contribution is 5.39. The van der Waals surface area contributed by atoms with Crippen LogP contribution in [0.3, 0.4) is 0 Å². The molecular weight excluding hydrogens is 300 g/mol. The third-order valence-electron chi connectivity index (χ3n) is 3.34. The fourth-order valence-electron chi connectivity index (χ4n) is 2.20. The Morgan fingerprint density at radius 1 is 1.43 bits per heavy atom. The first kappa shape index (κ1) is 16.5. The molecule has 1 unspecified atom stereocenters. The maximum atomic E-state index is 10.9. The monoisotopic (exact) mass is 316 g/mol. The molecule has 1 heterocycles. The van der Waals surface area contributed by atoms with Gasteiger partial charge in [-0.25, -0.2) is 0 Å². The molecule has 23 heavy (non-hydrogen) atoms. The summed E-state index contributed by atoms with van der Waals surface area (Å²) < 4.78 is 6.83. The van der Waals surface area contributed by atoms with Crippen molar-refractivity contribution in [2.45, 2.75) is 26.5 Å². The summed E-state index contributed by atoms with van der Waals surface area (Å²) in [7, 11) is 0. The van der Waals surface area contributed by atoms with Gasteiger partial charge >= 0.3 is 5.69 Å². The number of nitriles is 1. The van der Waals surface area contributed by atoms with Crippen molar-refractivity contribution < 1.29 is 14.8 Å². The summed E-state index contributed by atoms with van der Waals surface area (Å²) in [4.78, 5) is 10.5. The van der Waals surface area contributed by atoms with Gasteiger partial charge in [-0.3, -0.25) is 14.8 Å². The normalized spacial score (nSPS) is 11.7. The van der Waals surface area contributed by atoms with Crippen LogP contribution in [0.2, 0.25) is 0 Å². The number of aliphatic hydroxyl groups excluding tert-OH is 1. The van der Waals surface area contributed by atoms with Crippen LogP contribution in [0, 0.1) is 35.3 Å². The fraction of sp³-hybridized carbons (Fsp3) is 0.333. The zero-order valence-corrected chi connectivity index (χ0v) is 12.8. The lowest BCUT2D eigenvalue weighted by atomic mass is 10.2. The van der Waals surface area contributed by atoms with Gasteiger partial charge in [-0.05, 0) is 38.1 Å². The second-order valence-electron chi connectivity index (χ2n) is 5.06. The van der Waals surface area contributed by atoms with Crippen molar-refractivity contribution in [3.8, 4) is 11.8 Å². The van der Waals surface area contributed by atoms with Crippen LogP contribution in [-0.2, 0) is 6.54 Å². The molecule has 0 aliphatic heterocycles. The molecule has 1 N–H and O–H groups in total. The Kier molecular flexibility index (Phi) is 4.93. The number of nitro groups is 1. The zero-order valence-electron chi connectivity index (χ0n) is 12.8. The van der Waals surface area contributed by atoms with E-state index in [1.165, 1.54) is 4.68 Å². The Hall–Kier alpha value is -2.92. The number of nitrogens with zero attached hydrogens (tertiary/aromatic N) is 4.